The molecule has 0 fully saturated rings. The third kappa shape index (κ3) is 5.73. The van der Waals surface area contributed by atoms with Gasteiger partial charge in [0.15, 0.2) is 11.5 Å². The molecule has 0 aliphatic carbocycles. The molecule has 7 heteroatoms. The van der Waals surface area contributed by atoms with Gasteiger partial charge in [0.1, 0.15) is 5.82 Å². The summed E-state index contributed by atoms with van der Waals surface area (Å²) in [5, 5.41) is 0. The number of hydrogen-bond acceptors (Lipinski definition) is 7. The molecule has 1 aromatic heterocycles. The number of methoxy groups -OCH3 is 2. The fourth-order valence-corrected chi connectivity index (χ4v) is 3.33. The van der Waals surface area contributed by atoms with E-state index in [1.54, 1.807) is 14.2 Å². The second-order valence-electron chi connectivity index (χ2n) is 7.51. The topological polar surface area (TPSA) is 99.5 Å². The number of benzene rings is 2. The van der Waals surface area contributed by atoms with Crippen LogP contribution in [0.1, 0.15) is 27.9 Å². The molecular weight excluding hydrogens is 390 g/mol. The molecule has 7 nitrogen and oxygen atoms in total. The number of aromatic nitrogens is 2. The fraction of sp³-hybridized carbons (Fsp3) is 0.250. The van der Waals surface area contributed by atoms with Crippen LogP contribution in [-0.2, 0) is 13.0 Å². The Balaban J connectivity index is 1.89. The van der Waals surface area contributed by atoms with Crippen molar-refractivity contribution in [2.45, 2.75) is 13.0 Å². The second-order valence-corrected chi connectivity index (χ2v) is 7.51. The summed E-state index contributed by atoms with van der Waals surface area (Å²) in [6, 6.07) is 14.2. The van der Waals surface area contributed by atoms with Gasteiger partial charge in [-0.05, 0) is 49.0 Å². The van der Waals surface area contributed by atoms with Crippen LogP contribution in [0.15, 0.2) is 42.5 Å². The van der Waals surface area contributed by atoms with Crippen molar-refractivity contribution in [1.29, 1.82) is 0 Å². The Morgan fingerprint density at radius 3 is 2.19 bits per heavy atom. The first-order valence-electron chi connectivity index (χ1n) is 9.94. The number of nitrogens with zero attached hydrogens (tertiary/aromatic N) is 3. The van der Waals surface area contributed by atoms with E-state index in [-0.39, 0.29) is 5.95 Å². The largest absolute Gasteiger partial charge is 0.493 e. The molecule has 0 saturated heterocycles. The maximum Gasteiger partial charge on any atom is 0.222 e. The molecule has 1 heterocycles. The average molecular weight is 420 g/mol. The molecule has 0 atom stereocenters. The third-order valence-electron chi connectivity index (χ3n) is 4.81. The van der Waals surface area contributed by atoms with Gasteiger partial charge in [0.2, 0.25) is 5.95 Å². The predicted molar refractivity (Wildman–Crippen MR) is 126 cm³/mol. The highest BCUT2D eigenvalue weighted by molar-refractivity contribution is 5.76. The predicted octanol–water partition coefficient (Wildman–Crippen LogP) is 3.48. The van der Waals surface area contributed by atoms with Crippen LogP contribution < -0.4 is 20.9 Å². The van der Waals surface area contributed by atoms with Crippen molar-refractivity contribution < 1.29 is 9.47 Å². The third-order valence-corrected chi connectivity index (χ3v) is 4.81. The van der Waals surface area contributed by atoms with Gasteiger partial charge in [0.25, 0.3) is 0 Å². The Bertz CT molecular complexity index is 1060. The van der Waals surface area contributed by atoms with E-state index in [4.69, 9.17) is 20.9 Å². The molecule has 0 amide bonds. The van der Waals surface area contributed by atoms with Crippen LogP contribution in [0.5, 0.6) is 11.5 Å². The van der Waals surface area contributed by atoms with Crippen molar-refractivity contribution in [3.63, 3.8) is 0 Å². The maximum absolute atomic E-state index is 6.19. The van der Waals surface area contributed by atoms with Crippen molar-refractivity contribution in [2.75, 3.05) is 39.8 Å². The summed E-state index contributed by atoms with van der Waals surface area (Å²) in [4.78, 5) is 10.7. The van der Waals surface area contributed by atoms with E-state index in [9.17, 15) is 0 Å². The van der Waals surface area contributed by atoms with E-state index in [0.29, 0.717) is 23.7 Å². The van der Waals surface area contributed by atoms with Gasteiger partial charge in [0.05, 0.1) is 19.9 Å². The van der Waals surface area contributed by atoms with Crippen molar-refractivity contribution >= 4 is 23.9 Å². The lowest BCUT2D eigenvalue weighted by Gasteiger charge is -2.12. The van der Waals surface area contributed by atoms with Gasteiger partial charge in [-0.2, -0.15) is 4.98 Å². The lowest BCUT2D eigenvalue weighted by molar-refractivity contribution is 0.354. The first-order valence-corrected chi connectivity index (χ1v) is 9.94. The summed E-state index contributed by atoms with van der Waals surface area (Å²) in [6.07, 6.45) is 4.47. The Kier molecular flexibility index (Phi) is 7.10. The minimum absolute atomic E-state index is 0.151. The number of hydrogen-bond donors (Lipinski definition) is 2. The van der Waals surface area contributed by atoms with Gasteiger partial charge < -0.3 is 25.8 Å². The van der Waals surface area contributed by atoms with Crippen molar-refractivity contribution in [1.82, 2.24) is 14.9 Å². The molecule has 162 valence electrons. The summed E-state index contributed by atoms with van der Waals surface area (Å²) in [5.74, 6) is 1.83. The number of ether oxygens (including phenoxy) is 2. The molecule has 0 spiro atoms. The molecule has 31 heavy (non-hydrogen) atoms. The Morgan fingerprint density at radius 1 is 0.871 bits per heavy atom. The Morgan fingerprint density at radius 2 is 1.55 bits per heavy atom. The summed E-state index contributed by atoms with van der Waals surface area (Å²) >= 11 is 0. The molecule has 0 unspecified atom stereocenters. The summed E-state index contributed by atoms with van der Waals surface area (Å²) in [7, 11) is 7.33. The van der Waals surface area contributed by atoms with Crippen LogP contribution >= 0.6 is 0 Å². The van der Waals surface area contributed by atoms with Crippen molar-refractivity contribution in [3.8, 4) is 11.5 Å². The van der Waals surface area contributed by atoms with Gasteiger partial charge in [-0.3, -0.25) is 0 Å². The van der Waals surface area contributed by atoms with Crippen LogP contribution in [0.25, 0.3) is 12.2 Å². The monoisotopic (exact) mass is 419 g/mol. The van der Waals surface area contributed by atoms with E-state index in [1.165, 1.54) is 5.56 Å². The van der Waals surface area contributed by atoms with Gasteiger partial charge in [0, 0.05) is 18.5 Å². The summed E-state index contributed by atoms with van der Waals surface area (Å²) in [6.45, 7) is 0.901. The zero-order chi connectivity index (χ0) is 22.4. The lowest BCUT2D eigenvalue weighted by atomic mass is 10.0. The van der Waals surface area contributed by atoms with Crippen LogP contribution in [0, 0.1) is 0 Å². The Labute approximate surface area is 183 Å². The van der Waals surface area contributed by atoms with Gasteiger partial charge in [-0.1, -0.05) is 36.4 Å². The minimum atomic E-state index is 0.151. The van der Waals surface area contributed by atoms with E-state index in [0.717, 1.165) is 28.9 Å². The van der Waals surface area contributed by atoms with Crippen LogP contribution in [0.3, 0.4) is 0 Å². The normalized spacial score (nSPS) is 11.3. The van der Waals surface area contributed by atoms with Crippen molar-refractivity contribution in [3.05, 3.63) is 70.4 Å². The quantitative estimate of drug-likeness (QED) is 0.576. The zero-order valence-corrected chi connectivity index (χ0v) is 18.4. The molecule has 0 bridgehead atoms. The molecule has 0 aliphatic rings. The standard InChI is InChI=1S/C24H29N5O2/c1-29(2)15-17-7-5-16(6-8-17)9-11-19-20(27-24(26)28-23(19)25)13-18-10-12-21(30-3)22(14-18)31-4/h5-12,14H,13,15H2,1-4H3,(H4,25,26,27,28)/b11-9+. The molecule has 0 aliphatic heterocycles. The number of nitrogen functional groups attached to an aromatic ring is 2. The molecule has 2 aromatic carbocycles. The SMILES string of the molecule is COc1ccc(Cc2nc(N)nc(N)c2/C=C/c2ccc(CN(C)C)cc2)cc1OC. The van der Waals surface area contributed by atoms with Gasteiger partial charge in [-0.25, -0.2) is 4.98 Å². The summed E-state index contributed by atoms with van der Waals surface area (Å²) < 4.78 is 10.7. The highest BCUT2D eigenvalue weighted by Gasteiger charge is 2.12. The number of anilines is 2. The molecule has 3 aromatic rings. The zero-order valence-electron chi connectivity index (χ0n) is 18.4. The van der Waals surface area contributed by atoms with E-state index < -0.39 is 0 Å². The van der Waals surface area contributed by atoms with Crippen LogP contribution in [0.4, 0.5) is 11.8 Å². The summed E-state index contributed by atoms with van der Waals surface area (Å²) in [5.41, 5.74) is 16.9. The highest BCUT2D eigenvalue weighted by Crippen LogP contribution is 2.29. The number of rotatable bonds is 8. The lowest BCUT2D eigenvalue weighted by Crippen LogP contribution is -2.10. The first kappa shape index (κ1) is 22.1. The van der Waals surface area contributed by atoms with E-state index in [1.807, 2.05) is 30.4 Å². The van der Waals surface area contributed by atoms with Gasteiger partial charge >= 0.3 is 0 Å². The van der Waals surface area contributed by atoms with Crippen molar-refractivity contribution in [2.24, 2.45) is 0 Å². The molecule has 3 rings (SSSR count). The van der Waals surface area contributed by atoms with Crippen LogP contribution in [-0.4, -0.2) is 43.2 Å². The van der Waals surface area contributed by atoms with Crippen LogP contribution in [0.2, 0.25) is 0 Å². The molecule has 0 saturated carbocycles. The smallest absolute Gasteiger partial charge is 0.222 e. The maximum atomic E-state index is 6.19. The van der Waals surface area contributed by atoms with Gasteiger partial charge in [-0.15, -0.1) is 0 Å². The fourth-order valence-electron chi connectivity index (χ4n) is 3.33. The molecular formula is C24H29N5O2. The van der Waals surface area contributed by atoms with E-state index >= 15 is 0 Å². The minimum Gasteiger partial charge on any atom is -0.493 e. The Hall–Kier alpha value is -3.58. The molecule has 4 N–H and O–H groups in total. The highest BCUT2D eigenvalue weighted by atomic mass is 16.5. The first-order chi connectivity index (χ1) is 14.9. The average Bonchev–Trinajstić information content (AvgIpc) is 2.73. The molecule has 0 radical (unpaired) electrons. The number of nitrogens with two attached hydrogens (primary N) is 2. The van der Waals surface area contributed by atoms with E-state index in [2.05, 4.69) is 53.2 Å². The second kappa shape index (κ2) is 9.95.